The van der Waals surface area contributed by atoms with Gasteiger partial charge in [-0.05, 0) is 25.1 Å². The SMILES string of the molecule is CCCCCCCCN1CCOCCOc2ccccc2OCCOCC1. The molecule has 2 rings (SSSR count). The Morgan fingerprint density at radius 3 is 1.85 bits per heavy atom. The fourth-order valence-electron chi connectivity index (χ4n) is 3.15. The first-order chi connectivity index (χ1) is 13.4. The predicted octanol–water partition coefficient (Wildman–Crippen LogP) is 4.15. The molecule has 1 aliphatic rings. The van der Waals surface area contributed by atoms with Gasteiger partial charge in [-0.15, -0.1) is 0 Å². The number of hydrogen-bond acceptors (Lipinski definition) is 5. The lowest BCUT2D eigenvalue weighted by molar-refractivity contribution is 0.0593. The largest absolute Gasteiger partial charge is 0.487 e. The van der Waals surface area contributed by atoms with E-state index in [1.54, 1.807) is 0 Å². The van der Waals surface area contributed by atoms with E-state index >= 15 is 0 Å². The highest BCUT2D eigenvalue weighted by Gasteiger charge is 2.08. The first kappa shape index (κ1) is 22.0. The minimum Gasteiger partial charge on any atom is -0.487 e. The van der Waals surface area contributed by atoms with Crippen molar-refractivity contribution < 1.29 is 18.9 Å². The minimum absolute atomic E-state index is 0.536. The molecule has 0 atom stereocenters. The molecule has 1 aromatic carbocycles. The minimum atomic E-state index is 0.536. The Labute approximate surface area is 164 Å². The molecule has 1 heterocycles. The molecular formula is C22H37NO4. The Kier molecular flexibility index (Phi) is 12.0. The van der Waals surface area contributed by atoms with Gasteiger partial charge in [0.05, 0.1) is 26.4 Å². The van der Waals surface area contributed by atoms with Crippen molar-refractivity contribution >= 4 is 0 Å². The fourth-order valence-corrected chi connectivity index (χ4v) is 3.15. The average Bonchev–Trinajstić information content (AvgIpc) is 2.70. The lowest BCUT2D eigenvalue weighted by Crippen LogP contribution is -2.32. The van der Waals surface area contributed by atoms with E-state index in [0.717, 1.165) is 44.3 Å². The monoisotopic (exact) mass is 379 g/mol. The van der Waals surface area contributed by atoms with E-state index in [1.807, 2.05) is 24.3 Å². The fraction of sp³-hybridized carbons (Fsp3) is 0.727. The second-order valence-corrected chi connectivity index (χ2v) is 6.98. The maximum Gasteiger partial charge on any atom is 0.161 e. The smallest absolute Gasteiger partial charge is 0.161 e. The van der Waals surface area contributed by atoms with E-state index in [2.05, 4.69) is 11.8 Å². The summed E-state index contributed by atoms with van der Waals surface area (Å²) >= 11 is 0. The number of ether oxygens (including phenoxy) is 4. The summed E-state index contributed by atoms with van der Waals surface area (Å²) in [5.74, 6) is 1.53. The summed E-state index contributed by atoms with van der Waals surface area (Å²) in [5.41, 5.74) is 0. The van der Waals surface area contributed by atoms with Crippen LogP contribution in [0.2, 0.25) is 0 Å². The number of para-hydroxylation sites is 2. The van der Waals surface area contributed by atoms with Crippen molar-refractivity contribution in [1.29, 1.82) is 0 Å². The molecule has 0 saturated carbocycles. The molecule has 0 spiro atoms. The van der Waals surface area contributed by atoms with Crippen LogP contribution >= 0.6 is 0 Å². The van der Waals surface area contributed by atoms with Crippen molar-refractivity contribution in [1.82, 2.24) is 4.90 Å². The topological polar surface area (TPSA) is 40.2 Å². The van der Waals surface area contributed by atoms with E-state index in [0.29, 0.717) is 26.4 Å². The van der Waals surface area contributed by atoms with Crippen molar-refractivity contribution in [2.45, 2.75) is 45.4 Å². The molecule has 0 fully saturated rings. The molecule has 0 aromatic heterocycles. The van der Waals surface area contributed by atoms with Crippen molar-refractivity contribution in [3.8, 4) is 11.5 Å². The zero-order valence-electron chi connectivity index (χ0n) is 17.0. The highest BCUT2D eigenvalue weighted by molar-refractivity contribution is 5.39. The summed E-state index contributed by atoms with van der Waals surface area (Å²) in [7, 11) is 0. The molecule has 27 heavy (non-hydrogen) atoms. The Hall–Kier alpha value is -1.30. The second-order valence-electron chi connectivity index (χ2n) is 6.98. The van der Waals surface area contributed by atoms with Crippen LogP contribution in [0.4, 0.5) is 0 Å². The van der Waals surface area contributed by atoms with Gasteiger partial charge in [0.25, 0.3) is 0 Å². The summed E-state index contributed by atoms with van der Waals surface area (Å²) in [4.78, 5) is 2.45. The summed E-state index contributed by atoms with van der Waals surface area (Å²) in [6.07, 6.45) is 7.96. The molecule has 5 nitrogen and oxygen atoms in total. The summed E-state index contributed by atoms with van der Waals surface area (Å²) in [5, 5.41) is 0. The van der Waals surface area contributed by atoms with Crippen molar-refractivity contribution in [2.75, 3.05) is 59.3 Å². The Morgan fingerprint density at radius 2 is 1.26 bits per heavy atom. The van der Waals surface area contributed by atoms with Crippen molar-refractivity contribution in [3.63, 3.8) is 0 Å². The van der Waals surface area contributed by atoms with E-state index in [1.165, 1.54) is 38.5 Å². The first-order valence-corrected chi connectivity index (χ1v) is 10.6. The van der Waals surface area contributed by atoms with Crippen LogP contribution in [0.25, 0.3) is 0 Å². The van der Waals surface area contributed by atoms with Gasteiger partial charge in [0, 0.05) is 13.1 Å². The van der Waals surface area contributed by atoms with Crippen LogP contribution in [0.3, 0.4) is 0 Å². The van der Waals surface area contributed by atoms with Gasteiger partial charge in [-0.2, -0.15) is 0 Å². The molecule has 0 radical (unpaired) electrons. The number of unbranched alkanes of at least 4 members (excludes halogenated alkanes) is 5. The lowest BCUT2D eigenvalue weighted by atomic mass is 10.1. The van der Waals surface area contributed by atoms with Crippen molar-refractivity contribution in [2.24, 2.45) is 0 Å². The Balaban J connectivity index is 1.71. The molecule has 1 aromatic rings. The van der Waals surface area contributed by atoms with Crippen LogP contribution in [0.15, 0.2) is 24.3 Å². The lowest BCUT2D eigenvalue weighted by Gasteiger charge is -2.22. The quantitative estimate of drug-likeness (QED) is 0.666. The van der Waals surface area contributed by atoms with Gasteiger partial charge in [0.15, 0.2) is 11.5 Å². The average molecular weight is 380 g/mol. The molecule has 1 aliphatic heterocycles. The number of rotatable bonds is 7. The van der Waals surface area contributed by atoms with E-state index in [4.69, 9.17) is 18.9 Å². The summed E-state index contributed by atoms with van der Waals surface area (Å²) in [6.45, 7) is 9.01. The van der Waals surface area contributed by atoms with Crippen LogP contribution in [0.5, 0.6) is 11.5 Å². The third-order valence-corrected chi connectivity index (χ3v) is 4.75. The zero-order valence-corrected chi connectivity index (χ0v) is 17.0. The van der Waals surface area contributed by atoms with Gasteiger partial charge >= 0.3 is 0 Å². The predicted molar refractivity (Wildman–Crippen MR) is 109 cm³/mol. The van der Waals surface area contributed by atoms with Crippen LogP contribution in [-0.4, -0.2) is 64.2 Å². The zero-order chi connectivity index (χ0) is 19.0. The van der Waals surface area contributed by atoms with Gasteiger partial charge in [0.2, 0.25) is 0 Å². The number of fused-ring (bicyclic) bond motifs is 1. The van der Waals surface area contributed by atoms with Crippen LogP contribution in [-0.2, 0) is 9.47 Å². The molecular weight excluding hydrogens is 342 g/mol. The van der Waals surface area contributed by atoms with E-state index in [9.17, 15) is 0 Å². The molecule has 0 saturated heterocycles. The molecule has 0 N–H and O–H groups in total. The number of benzene rings is 1. The molecule has 0 bridgehead atoms. The van der Waals surface area contributed by atoms with Gasteiger partial charge < -0.3 is 18.9 Å². The number of hydrogen-bond donors (Lipinski definition) is 0. The molecule has 0 unspecified atom stereocenters. The van der Waals surface area contributed by atoms with Crippen molar-refractivity contribution in [3.05, 3.63) is 24.3 Å². The maximum atomic E-state index is 5.80. The summed E-state index contributed by atoms with van der Waals surface area (Å²) in [6, 6.07) is 7.76. The standard InChI is InChI=1S/C22H37NO4/c1-2-3-4-5-6-9-12-23-13-15-24-17-19-26-21-10-7-8-11-22(21)27-20-18-25-16-14-23/h7-8,10-11H,2-6,9,12-20H2,1H3. The Morgan fingerprint density at radius 1 is 0.704 bits per heavy atom. The summed E-state index contributed by atoms with van der Waals surface area (Å²) < 4.78 is 23.1. The van der Waals surface area contributed by atoms with E-state index < -0.39 is 0 Å². The Bertz CT molecular complexity index is 448. The van der Waals surface area contributed by atoms with Gasteiger partial charge in [-0.3, -0.25) is 4.90 Å². The molecule has 0 amide bonds. The highest BCUT2D eigenvalue weighted by atomic mass is 16.6. The molecule has 154 valence electrons. The third-order valence-electron chi connectivity index (χ3n) is 4.75. The van der Waals surface area contributed by atoms with Crippen LogP contribution in [0, 0.1) is 0 Å². The highest BCUT2D eigenvalue weighted by Crippen LogP contribution is 2.26. The van der Waals surface area contributed by atoms with Crippen LogP contribution < -0.4 is 9.47 Å². The number of nitrogens with zero attached hydrogens (tertiary/aromatic N) is 1. The van der Waals surface area contributed by atoms with Gasteiger partial charge in [0.1, 0.15) is 13.2 Å². The first-order valence-electron chi connectivity index (χ1n) is 10.6. The maximum absolute atomic E-state index is 5.80. The van der Waals surface area contributed by atoms with Gasteiger partial charge in [-0.25, -0.2) is 0 Å². The van der Waals surface area contributed by atoms with Gasteiger partial charge in [-0.1, -0.05) is 51.2 Å². The third kappa shape index (κ3) is 9.99. The molecule has 0 aliphatic carbocycles. The van der Waals surface area contributed by atoms with E-state index in [-0.39, 0.29) is 0 Å². The van der Waals surface area contributed by atoms with Crippen LogP contribution in [0.1, 0.15) is 45.4 Å². The second kappa shape index (κ2) is 14.7. The molecule has 5 heteroatoms. The normalized spacial score (nSPS) is 17.8.